The molecule has 0 saturated heterocycles. The molecule has 1 heterocycles. The van der Waals surface area contributed by atoms with Gasteiger partial charge in [0.2, 0.25) is 0 Å². The number of hydrogen-bond donors (Lipinski definition) is 2. The largest absolute Gasteiger partial charge is 0.356 e. The number of anilines is 1. The Kier molecular flexibility index (Phi) is 5.29. The minimum atomic E-state index is -0.782. The van der Waals surface area contributed by atoms with Gasteiger partial charge >= 0.3 is 0 Å². The molecule has 5 heteroatoms. The van der Waals surface area contributed by atoms with E-state index < -0.39 is 6.04 Å². The molecule has 0 fully saturated rings. The van der Waals surface area contributed by atoms with Crippen molar-refractivity contribution >= 4 is 29.7 Å². The molecule has 2 N–H and O–H groups in total. The maximum atomic E-state index is 13.3. The van der Waals surface area contributed by atoms with Crippen molar-refractivity contribution in [2.75, 3.05) is 12.4 Å². The summed E-state index contributed by atoms with van der Waals surface area (Å²) in [5, 5.41) is 5.01. The predicted molar refractivity (Wildman–Crippen MR) is 115 cm³/mol. The van der Waals surface area contributed by atoms with Gasteiger partial charge in [-0.2, -0.15) is 0 Å². The molecule has 2 aromatic carbocycles. The van der Waals surface area contributed by atoms with Crippen molar-refractivity contribution in [2.45, 2.75) is 18.9 Å². The molecule has 0 spiro atoms. The van der Waals surface area contributed by atoms with Crippen LogP contribution in [0.1, 0.15) is 34.9 Å². The minimum absolute atomic E-state index is 0.209. The molecule has 1 aliphatic rings. The van der Waals surface area contributed by atoms with Crippen molar-refractivity contribution in [1.82, 2.24) is 9.88 Å². The average molecular weight is 385 g/mol. The highest BCUT2D eigenvalue weighted by molar-refractivity contribution is 6.01. The number of amides is 2. The van der Waals surface area contributed by atoms with E-state index in [1.165, 1.54) is 4.90 Å². The van der Waals surface area contributed by atoms with Crippen LogP contribution in [0.5, 0.6) is 0 Å². The van der Waals surface area contributed by atoms with Crippen molar-refractivity contribution in [3.05, 3.63) is 88.6 Å². The normalized spacial score (nSPS) is 13.4. The number of aromatic amines is 1. The molecule has 4 rings (SSSR count). The number of nitrogens with zero attached hydrogens (tertiary/aromatic N) is 1. The zero-order valence-corrected chi connectivity index (χ0v) is 16.3. The first-order valence-corrected chi connectivity index (χ1v) is 9.71. The van der Waals surface area contributed by atoms with Gasteiger partial charge in [-0.3, -0.25) is 9.59 Å². The molecular weight excluding hydrogens is 362 g/mol. The van der Waals surface area contributed by atoms with Gasteiger partial charge in [0.25, 0.3) is 11.8 Å². The summed E-state index contributed by atoms with van der Waals surface area (Å²) >= 11 is 0. The van der Waals surface area contributed by atoms with E-state index >= 15 is 0 Å². The highest BCUT2D eigenvalue weighted by Gasteiger charge is 2.30. The molecule has 3 aromatic rings. The van der Waals surface area contributed by atoms with E-state index in [1.54, 1.807) is 19.2 Å². The fourth-order valence-corrected chi connectivity index (χ4v) is 3.62. The Hall–Kier alpha value is -3.60. The van der Waals surface area contributed by atoms with Crippen LogP contribution >= 0.6 is 0 Å². The predicted octanol–water partition coefficient (Wildman–Crippen LogP) is 2.82. The van der Waals surface area contributed by atoms with Crippen LogP contribution in [-0.2, 0) is 4.79 Å². The number of likely N-dealkylation sites (N-methyl/N-ethyl adjacent to an activating group) is 1. The van der Waals surface area contributed by atoms with E-state index in [0.717, 1.165) is 23.4 Å². The van der Waals surface area contributed by atoms with E-state index in [4.69, 9.17) is 0 Å². The summed E-state index contributed by atoms with van der Waals surface area (Å²) in [6.45, 7) is 0. The highest BCUT2D eigenvalue weighted by Crippen LogP contribution is 2.21. The Morgan fingerprint density at radius 2 is 1.62 bits per heavy atom. The van der Waals surface area contributed by atoms with Gasteiger partial charge in [0.1, 0.15) is 0 Å². The number of para-hydroxylation sites is 1. The lowest BCUT2D eigenvalue weighted by Crippen LogP contribution is -2.39. The Labute approximate surface area is 169 Å². The lowest BCUT2D eigenvalue weighted by atomic mass is 10.1. The maximum absolute atomic E-state index is 13.3. The Morgan fingerprint density at radius 3 is 2.31 bits per heavy atom. The van der Waals surface area contributed by atoms with Gasteiger partial charge in [-0.25, -0.2) is 0 Å². The number of nitrogens with one attached hydrogen (secondary N) is 2. The second kappa shape index (κ2) is 8.19. The molecule has 2 amide bonds. The van der Waals surface area contributed by atoms with Crippen LogP contribution in [0.15, 0.2) is 66.7 Å². The number of H-pyrrole nitrogens is 1. The summed E-state index contributed by atoms with van der Waals surface area (Å²) in [4.78, 5) is 31.2. The van der Waals surface area contributed by atoms with E-state index in [2.05, 4.69) is 22.5 Å². The topological polar surface area (TPSA) is 65.2 Å². The monoisotopic (exact) mass is 385 g/mol. The molecule has 1 aliphatic carbocycles. The van der Waals surface area contributed by atoms with E-state index in [9.17, 15) is 9.59 Å². The van der Waals surface area contributed by atoms with Crippen molar-refractivity contribution in [3.8, 4) is 0 Å². The van der Waals surface area contributed by atoms with Crippen LogP contribution in [-0.4, -0.2) is 28.7 Å². The zero-order valence-electron chi connectivity index (χ0n) is 16.3. The molecule has 1 unspecified atom stereocenters. The Bertz CT molecular complexity index is 1100. The fourth-order valence-electron chi connectivity index (χ4n) is 3.62. The third kappa shape index (κ3) is 3.99. The summed E-state index contributed by atoms with van der Waals surface area (Å²) in [7, 11) is 1.66. The van der Waals surface area contributed by atoms with Gasteiger partial charge < -0.3 is 15.2 Å². The number of benzene rings is 2. The van der Waals surface area contributed by atoms with E-state index in [0.29, 0.717) is 16.9 Å². The first-order chi connectivity index (χ1) is 14.1. The summed E-state index contributed by atoms with van der Waals surface area (Å²) in [6.07, 6.45) is 6.22. The molecule has 0 saturated carbocycles. The number of rotatable bonds is 5. The quantitative estimate of drug-likeness (QED) is 0.709. The lowest BCUT2D eigenvalue weighted by molar-refractivity contribution is -0.120. The fraction of sp³-hybridized carbons (Fsp3) is 0.167. The second-order valence-electron chi connectivity index (χ2n) is 7.12. The van der Waals surface area contributed by atoms with Crippen LogP contribution in [0.2, 0.25) is 0 Å². The minimum Gasteiger partial charge on any atom is -0.356 e. The number of hydrogen-bond acceptors (Lipinski definition) is 2. The first kappa shape index (κ1) is 18.7. The molecule has 146 valence electrons. The Balaban J connectivity index is 1.71. The van der Waals surface area contributed by atoms with Crippen molar-refractivity contribution in [3.63, 3.8) is 0 Å². The van der Waals surface area contributed by atoms with Crippen molar-refractivity contribution < 1.29 is 9.59 Å². The third-order valence-corrected chi connectivity index (χ3v) is 5.09. The SMILES string of the molecule is CN(C(=O)c1ccccc1)C(C(=O)Nc1ccccc1)c1cc2c([nH]1)=CCCC=2. The van der Waals surface area contributed by atoms with Crippen LogP contribution in [0.25, 0.3) is 12.2 Å². The van der Waals surface area contributed by atoms with Gasteiger partial charge in [0, 0.05) is 29.3 Å². The lowest BCUT2D eigenvalue weighted by Gasteiger charge is -2.27. The Morgan fingerprint density at radius 1 is 0.966 bits per heavy atom. The van der Waals surface area contributed by atoms with E-state index in [1.807, 2.05) is 54.6 Å². The van der Waals surface area contributed by atoms with Gasteiger partial charge in [0.05, 0.1) is 0 Å². The van der Waals surface area contributed by atoms with Gasteiger partial charge in [-0.15, -0.1) is 0 Å². The van der Waals surface area contributed by atoms with Crippen LogP contribution < -0.4 is 15.9 Å². The summed E-state index contributed by atoms with van der Waals surface area (Å²) in [5.41, 5.74) is 1.93. The van der Waals surface area contributed by atoms with Gasteiger partial charge in [-0.1, -0.05) is 48.6 Å². The maximum Gasteiger partial charge on any atom is 0.254 e. The number of aromatic nitrogens is 1. The summed E-state index contributed by atoms with van der Waals surface area (Å²) < 4.78 is 0. The molecule has 5 nitrogen and oxygen atoms in total. The number of carbonyl (C=O) groups is 2. The molecule has 29 heavy (non-hydrogen) atoms. The highest BCUT2D eigenvalue weighted by atomic mass is 16.2. The number of carbonyl (C=O) groups excluding carboxylic acids is 2. The number of fused-ring (bicyclic) bond motifs is 1. The molecule has 0 radical (unpaired) electrons. The zero-order chi connectivity index (χ0) is 20.2. The van der Waals surface area contributed by atoms with E-state index in [-0.39, 0.29) is 11.8 Å². The molecule has 1 aromatic heterocycles. The second-order valence-corrected chi connectivity index (χ2v) is 7.12. The molecule has 1 atom stereocenters. The molecule has 0 bridgehead atoms. The third-order valence-electron chi connectivity index (χ3n) is 5.09. The standard InChI is InChI=1S/C24H23N3O2/c1-27(24(29)17-10-4-2-5-11-17)22(23(28)25-19-13-6-3-7-14-19)21-16-18-12-8-9-15-20(18)26-21/h2-7,10-16,22,26H,8-9H2,1H3,(H,25,28). The summed E-state index contributed by atoms with van der Waals surface area (Å²) in [6, 6.07) is 19.5. The molecule has 0 aliphatic heterocycles. The first-order valence-electron chi connectivity index (χ1n) is 9.71. The van der Waals surface area contributed by atoms with Crippen molar-refractivity contribution in [1.29, 1.82) is 0 Å². The van der Waals surface area contributed by atoms with Crippen LogP contribution in [0, 0.1) is 0 Å². The van der Waals surface area contributed by atoms with Crippen molar-refractivity contribution in [2.24, 2.45) is 0 Å². The smallest absolute Gasteiger partial charge is 0.254 e. The van der Waals surface area contributed by atoms with Gasteiger partial charge in [0.15, 0.2) is 6.04 Å². The van der Waals surface area contributed by atoms with Crippen LogP contribution in [0.3, 0.4) is 0 Å². The summed E-state index contributed by atoms with van der Waals surface area (Å²) in [5.74, 6) is -0.471. The van der Waals surface area contributed by atoms with Gasteiger partial charge in [-0.05, 0) is 48.4 Å². The molecular formula is C24H23N3O2. The van der Waals surface area contributed by atoms with Crippen LogP contribution in [0.4, 0.5) is 5.69 Å². The average Bonchev–Trinajstić information content (AvgIpc) is 3.18.